The lowest BCUT2D eigenvalue weighted by Crippen LogP contribution is -2.26. The van der Waals surface area contributed by atoms with Crippen LogP contribution in [-0.4, -0.2) is 34.5 Å². The van der Waals surface area contributed by atoms with E-state index in [1.165, 1.54) is 24.3 Å². The third-order valence-corrected chi connectivity index (χ3v) is 3.11. The van der Waals surface area contributed by atoms with Crippen molar-refractivity contribution in [3.8, 4) is 11.5 Å². The van der Waals surface area contributed by atoms with Crippen molar-refractivity contribution < 1.29 is 19.4 Å². The highest BCUT2D eigenvalue weighted by Gasteiger charge is 2.13. The topological polar surface area (TPSA) is 60.8 Å². The van der Waals surface area contributed by atoms with Crippen molar-refractivity contribution >= 4 is 5.78 Å². The van der Waals surface area contributed by atoms with E-state index in [0.717, 1.165) is 0 Å². The SMILES string of the molecule is CN(CC(=O)c1ccc(O)c(O)c1)Cc1ccccc1F. The van der Waals surface area contributed by atoms with E-state index in [0.29, 0.717) is 17.7 Å². The van der Waals surface area contributed by atoms with Gasteiger partial charge in [0.25, 0.3) is 0 Å². The van der Waals surface area contributed by atoms with Crippen LogP contribution in [0.1, 0.15) is 15.9 Å². The fraction of sp³-hybridized carbons (Fsp3) is 0.188. The van der Waals surface area contributed by atoms with E-state index < -0.39 is 0 Å². The molecule has 0 atom stereocenters. The normalized spacial score (nSPS) is 10.8. The Morgan fingerprint density at radius 3 is 2.52 bits per heavy atom. The largest absolute Gasteiger partial charge is 0.504 e. The molecule has 0 heterocycles. The zero-order valence-corrected chi connectivity index (χ0v) is 11.6. The van der Waals surface area contributed by atoms with Gasteiger partial charge in [0.2, 0.25) is 0 Å². The third-order valence-electron chi connectivity index (χ3n) is 3.11. The molecular weight excluding hydrogens is 273 g/mol. The summed E-state index contributed by atoms with van der Waals surface area (Å²) in [6, 6.07) is 10.3. The molecule has 5 heteroatoms. The maximum absolute atomic E-state index is 13.5. The number of aromatic hydroxyl groups is 2. The van der Waals surface area contributed by atoms with Crippen LogP contribution in [0.3, 0.4) is 0 Å². The van der Waals surface area contributed by atoms with Gasteiger partial charge in [-0.1, -0.05) is 18.2 Å². The molecule has 0 aliphatic heterocycles. The number of rotatable bonds is 5. The predicted octanol–water partition coefficient (Wildman–Crippen LogP) is 2.55. The van der Waals surface area contributed by atoms with Crippen molar-refractivity contribution in [2.45, 2.75) is 6.54 Å². The predicted molar refractivity (Wildman–Crippen MR) is 76.8 cm³/mol. The van der Waals surface area contributed by atoms with Gasteiger partial charge in [0.1, 0.15) is 5.82 Å². The van der Waals surface area contributed by atoms with E-state index in [1.54, 1.807) is 30.1 Å². The monoisotopic (exact) mass is 289 g/mol. The molecule has 0 aliphatic carbocycles. The molecule has 0 fully saturated rings. The second kappa shape index (κ2) is 6.37. The third kappa shape index (κ3) is 3.79. The first kappa shape index (κ1) is 15.0. The van der Waals surface area contributed by atoms with Gasteiger partial charge in [-0.2, -0.15) is 0 Å². The van der Waals surface area contributed by atoms with E-state index in [2.05, 4.69) is 0 Å². The Labute approximate surface area is 122 Å². The molecule has 0 saturated heterocycles. The van der Waals surface area contributed by atoms with Gasteiger partial charge in [0.15, 0.2) is 17.3 Å². The molecule has 110 valence electrons. The van der Waals surface area contributed by atoms with Crippen LogP contribution in [0.25, 0.3) is 0 Å². The van der Waals surface area contributed by atoms with E-state index in [4.69, 9.17) is 0 Å². The van der Waals surface area contributed by atoms with Crippen molar-refractivity contribution in [1.29, 1.82) is 0 Å². The van der Waals surface area contributed by atoms with Gasteiger partial charge in [0.05, 0.1) is 6.54 Å². The zero-order chi connectivity index (χ0) is 15.4. The molecule has 0 bridgehead atoms. The summed E-state index contributed by atoms with van der Waals surface area (Å²) in [5.74, 6) is -1.13. The van der Waals surface area contributed by atoms with Gasteiger partial charge in [-0.05, 0) is 31.3 Å². The average Bonchev–Trinajstić information content (AvgIpc) is 2.44. The highest BCUT2D eigenvalue weighted by atomic mass is 19.1. The van der Waals surface area contributed by atoms with E-state index in [1.807, 2.05) is 0 Å². The lowest BCUT2D eigenvalue weighted by atomic mass is 10.1. The quantitative estimate of drug-likeness (QED) is 0.656. The van der Waals surface area contributed by atoms with Gasteiger partial charge < -0.3 is 10.2 Å². The fourth-order valence-corrected chi connectivity index (χ4v) is 2.01. The van der Waals surface area contributed by atoms with E-state index in [-0.39, 0.29) is 29.6 Å². The number of Topliss-reactive ketones (excluding diaryl/α,β-unsaturated/α-hetero) is 1. The molecule has 2 aromatic carbocycles. The molecule has 2 rings (SSSR count). The number of carbonyl (C=O) groups is 1. The molecule has 0 radical (unpaired) electrons. The summed E-state index contributed by atoms with van der Waals surface area (Å²) in [5.41, 5.74) is 0.812. The number of phenols is 2. The van der Waals surface area contributed by atoms with Gasteiger partial charge >= 0.3 is 0 Å². The number of phenolic OH excluding ortho intramolecular Hbond substituents is 2. The molecule has 0 unspecified atom stereocenters. The average molecular weight is 289 g/mol. The smallest absolute Gasteiger partial charge is 0.176 e. The van der Waals surface area contributed by atoms with E-state index >= 15 is 0 Å². The van der Waals surface area contributed by atoms with Gasteiger partial charge in [0, 0.05) is 17.7 Å². The van der Waals surface area contributed by atoms with Crippen LogP contribution in [0.4, 0.5) is 4.39 Å². The second-order valence-electron chi connectivity index (χ2n) is 4.89. The van der Waals surface area contributed by atoms with Gasteiger partial charge in [-0.3, -0.25) is 9.69 Å². The molecular formula is C16H16FNO3. The number of halogens is 1. The Bertz CT molecular complexity index is 658. The number of hydrogen-bond donors (Lipinski definition) is 2. The Morgan fingerprint density at radius 2 is 1.86 bits per heavy atom. The Balaban J connectivity index is 2.02. The second-order valence-corrected chi connectivity index (χ2v) is 4.89. The molecule has 0 spiro atoms. The van der Waals surface area contributed by atoms with Crippen LogP contribution in [0, 0.1) is 5.82 Å². The van der Waals surface area contributed by atoms with Crippen LogP contribution >= 0.6 is 0 Å². The van der Waals surface area contributed by atoms with Crippen molar-refractivity contribution in [2.75, 3.05) is 13.6 Å². The summed E-state index contributed by atoms with van der Waals surface area (Å²) in [4.78, 5) is 13.8. The van der Waals surface area contributed by atoms with Crippen LogP contribution in [0.2, 0.25) is 0 Å². The summed E-state index contributed by atoms with van der Waals surface area (Å²) in [7, 11) is 1.71. The van der Waals surface area contributed by atoms with Crippen LogP contribution in [0.15, 0.2) is 42.5 Å². The molecule has 21 heavy (non-hydrogen) atoms. The Hall–Kier alpha value is -2.40. The summed E-state index contributed by atoms with van der Waals surface area (Å²) >= 11 is 0. The molecule has 4 nitrogen and oxygen atoms in total. The summed E-state index contributed by atoms with van der Waals surface area (Å²) in [5, 5.41) is 18.6. The first-order valence-electron chi connectivity index (χ1n) is 6.44. The van der Waals surface area contributed by atoms with E-state index in [9.17, 15) is 19.4 Å². The summed E-state index contributed by atoms with van der Waals surface area (Å²) in [6.45, 7) is 0.390. The Kier molecular flexibility index (Phi) is 4.55. The maximum Gasteiger partial charge on any atom is 0.176 e. The first-order chi connectivity index (χ1) is 9.97. The molecule has 2 N–H and O–H groups in total. The number of benzene rings is 2. The molecule has 0 saturated carbocycles. The number of hydrogen-bond acceptors (Lipinski definition) is 4. The molecule has 0 amide bonds. The van der Waals surface area contributed by atoms with Crippen molar-refractivity contribution in [2.24, 2.45) is 0 Å². The number of carbonyl (C=O) groups excluding carboxylic acids is 1. The molecule has 0 aliphatic rings. The number of likely N-dealkylation sites (N-methyl/N-ethyl adjacent to an activating group) is 1. The number of nitrogens with zero attached hydrogens (tertiary/aromatic N) is 1. The minimum absolute atomic E-state index is 0.0819. The lowest BCUT2D eigenvalue weighted by molar-refractivity contribution is 0.0942. The van der Waals surface area contributed by atoms with Crippen molar-refractivity contribution in [1.82, 2.24) is 4.90 Å². The van der Waals surface area contributed by atoms with Crippen LogP contribution in [-0.2, 0) is 6.54 Å². The van der Waals surface area contributed by atoms with Crippen molar-refractivity contribution in [3.05, 3.63) is 59.4 Å². The fourth-order valence-electron chi connectivity index (χ4n) is 2.01. The first-order valence-corrected chi connectivity index (χ1v) is 6.44. The van der Waals surface area contributed by atoms with Crippen molar-refractivity contribution in [3.63, 3.8) is 0 Å². The summed E-state index contributed by atoms with van der Waals surface area (Å²) < 4.78 is 13.5. The highest BCUT2D eigenvalue weighted by Crippen LogP contribution is 2.25. The standard InChI is InChI=1S/C16H16FNO3/c1-18(9-12-4-2-3-5-13(12)17)10-16(21)11-6-7-14(19)15(20)8-11/h2-8,19-20H,9-10H2,1H3. The highest BCUT2D eigenvalue weighted by molar-refractivity contribution is 5.98. The van der Waals surface area contributed by atoms with Crippen LogP contribution < -0.4 is 0 Å². The zero-order valence-electron chi connectivity index (χ0n) is 11.6. The van der Waals surface area contributed by atoms with Gasteiger partial charge in [-0.25, -0.2) is 4.39 Å². The van der Waals surface area contributed by atoms with Gasteiger partial charge in [-0.15, -0.1) is 0 Å². The lowest BCUT2D eigenvalue weighted by Gasteiger charge is -2.16. The minimum atomic E-state index is -0.336. The molecule has 2 aromatic rings. The maximum atomic E-state index is 13.5. The minimum Gasteiger partial charge on any atom is -0.504 e. The number of ketones is 1. The van der Waals surface area contributed by atoms with Crippen LogP contribution in [0.5, 0.6) is 11.5 Å². The summed E-state index contributed by atoms with van der Waals surface area (Å²) in [6.07, 6.45) is 0. The Morgan fingerprint density at radius 1 is 1.14 bits per heavy atom. The molecule has 0 aromatic heterocycles.